The SMILES string of the molecule is O=c1[nH]c2c(Br)c(Cl)c(Cl)c([N+](=O)[O-])c2[nH]c1=O. The highest BCUT2D eigenvalue weighted by Gasteiger charge is 2.25. The molecule has 0 aliphatic heterocycles. The summed E-state index contributed by atoms with van der Waals surface area (Å²) in [6.07, 6.45) is 0. The van der Waals surface area contributed by atoms with Crippen LogP contribution in [-0.4, -0.2) is 14.9 Å². The first-order valence-corrected chi connectivity index (χ1v) is 5.86. The van der Waals surface area contributed by atoms with E-state index < -0.39 is 21.7 Å². The zero-order valence-corrected chi connectivity index (χ0v) is 11.3. The fourth-order valence-electron chi connectivity index (χ4n) is 1.40. The molecule has 0 radical (unpaired) electrons. The zero-order valence-electron chi connectivity index (χ0n) is 8.21. The predicted molar refractivity (Wildman–Crippen MR) is 69.6 cm³/mol. The summed E-state index contributed by atoms with van der Waals surface area (Å²) in [6.45, 7) is 0. The monoisotopic (exact) mass is 353 g/mol. The number of fused-ring (bicyclic) bond motifs is 1. The predicted octanol–water partition coefficient (Wildman–Crippen LogP) is 2.19. The Labute approximate surface area is 116 Å². The fourth-order valence-corrected chi connectivity index (χ4v) is 2.45. The number of rotatable bonds is 1. The lowest BCUT2D eigenvalue weighted by Gasteiger charge is -2.06. The van der Waals surface area contributed by atoms with E-state index in [1.54, 1.807) is 0 Å². The number of nitro groups is 1. The van der Waals surface area contributed by atoms with E-state index in [2.05, 4.69) is 25.9 Å². The molecule has 0 unspecified atom stereocenters. The normalized spacial score (nSPS) is 10.8. The van der Waals surface area contributed by atoms with Gasteiger partial charge in [-0.25, -0.2) is 0 Å². The number of H-pyrrole nitrogens is 2. The van der Waals surface area contributed by atoms with Gasteiger partial charge in [0.2, 0.25) is 0 Å². The second kappa shape index (κ2) is 4.38. The van der Waals surface area contributed by atoms with Crippen molar-refractivity contribution >= 4 is 55.9 Å². The van der Waals surface area contributed by atoms with Gasteiger partial charge in [0.1, 0.15) is 10.5 Å². The molecule has 2 rings (SSSR count). The average molecular weight is 355 g/mol. The van der Waals surface area contributed by atoms with Crippen molar-refractivity contribution in [3.05, 3.63) is 45.3 Å². The largest absolute Gasteiger partial charge is 0.315 e. The van der Waals surface area contributed by atoms with E-state index in [-0.39, 0.29) is 25.6 Å². The molecule has 94 valence electrons. The number of nitro benzene ring substituents is 1. The van der Waals surface area contributed by atoms with E-state index in [0.717, 1.165) is 0 Å². The zero-order chi connectivity index (χ0) is 13.6. The van der Waals surface area contributed by atoms with Crippen molar-refractivity contribution in [3.63, 3.8) is 0 Å². The highest BCUT2D eigenvalue weighted by atomic mass is 79.9. The van der Waals surface area contributed by atoms with Crippen LogP contribution >= 0.6 is 39.1 Å². The number of hydrogen-bond donors (Lipinski definition) is 2. The van der Waals surface area contributed by atoms with Crippen molar-refractivity contribution in [3.8, 4) is 0 Å². The minimum absolute atomic E-state index is 0.000648. The molecule has 1 aromatic heterocycles. The Bertz CT molecular complexity index is 797. The van der Waals surface area contributed by atoms with Gasteiger partial charge in [-0.05, 0) is 15.9 Å². The third kappa shape index (κ3) is 1.82. The van der Waals surface area contributed by atoms with Gasteiger partial charge in [-0.1, -0.05) is 23.2 Å². The van der Waals surface area contributed by atoms with E-state index >= 15 is 0 Å². The molecular weight excluding hydrogens is 353 g/mol. The van der Waals surface area contributed by atoms with Crippen LogP contribution in [0.4, 0.5) is 5.69 Å². The maximum absolute atomic E-state index is 11.2. The average Bonchev–Trinajstić information content (AvgIpc) is 2.29. The number of nitrogens with zero attached hydrogens (tertiary/aromatic N) is 1. The molecule has 1 aromatic carbocycles. The molecule has 10 heteroatoms. The Hall–Kier alpha value is -1.38. The molecule has 0 spiro atoms. The van der Waals surface area contributed by atoms with Crippen molar-refractivity contribution in [2.75, 3.05) is 0 Å². The molecule has 2 aromatic rings. The summed E-state index contributed by atoms with van der Waals surface area (Å²) < 4.78 is 0.156. The van der Waals surface area contributed by atoms with Crippen molar-refractivity contribution in [1.82, 2.24) is 9.97 Å². The first-order valence-electron chi connectivity index (χ1n) is 4.31. The van der Waals surface area contributed by atoms with E-state index in [1.165, 1.54) is 0 Å². The number of aromatic nitrogens is 2. The molecule has 7 nitrogen and oxygen atoms in total. The van der Waals surface area contributed by atoms with Crippen molar-refractivity contribution in [1.29, 1.82) is 0 Å². The van der Waals surface area contributed by atoms with Gasteiger partial charge >= 0.3 is 16.8 Å². The molecule has 2 N–H and O–H groups in total. The molecule has 0 saturated heterocycles. The van der Waals surface area contributed by atoms with Crippen LogP contribution in [0.5, 0.6) is 0 Å². The molecule has 0 amide bonds. The minimum atomic E-state index is -1.02. The Kier molecular flexibility index (Phi) is 3.18. The number of hydrogen-bond acceptors (Lipinski definition) is 4. The lowest BCUT2D eigenvalue weighted by molar-refractivity contribution is -0.383. The summed E-state index contributed by atoms with van der Waals surface area (Å²) in [6, 6.07) is 0. The van der Waals surface area contributed by atoms with E-state index in [0.29, 0.717) is 0 Å². The third-order valence-electron chi connectivity index (χ3n) is 2.17. The van der Waals surface area contributed by atoms with Gasteiger partial charge in [0, 0.05) is 0 Å². The number of benzene rings is 1. The van der Waals surface area contributed by atoms with Crippen LogP contribution in [0.25, 0.3) is 11.0 Å². The molecule has 0 saturated carbocycles. The first-order chi connectivity index (χ1) is 8.34. The summed E-state index contributed by atoms with van der Waals surface area (Å²) >= 11 is 14.6. The molecule has 0 atom stereocenters. The number of halogens is 3. The molecule has 1 heterocycles. The highest BCUT2D eigenvalue weighted by molar-refractivity contribution is 9.10. The van der Waals surface area contributed by atoms with Crippen molar-refractivity contribution < 1.29 is 4.92 Å². The lowest BCUT2D eigenvalue weighted by Crippen LogP contribution is -2.29. The van der Waals surface area contributed by atoms with Gasteiger partial charge in [0.15, 0.2) is 0 Å². The Balaban J connectivity index is 3.18. The van der Waals surface area contributed by atoms with E-state index in [4.69, 9.17) is 23.2 Å². The summed E-state index contributed by atoms with van der Waals surface area (Å²) in [5.74, 6) is 0. The lowest BCUT2D eigenvalue weighted by atomic mass is 10.2. The van der Waals surface area contributed by atoms with Gasteiger partial charge in [0.25, 0.3) is 0 Å². The van der Waals surface area contributed by atoms with Gasteiger partial charge < -0.3 is 9.97 Å². The van der Waals surface area contributed by atoms with E-state index in [1.807, 2.05) is 0 Å². The highest BCUT2D eigenvalue weighted by Crippen LogP contribution is 2.42. The minimum Gasteiger partial charge on any atom is -0.315 e. The van der Waals surface area contributed by atoms with Crippen molar-refractivity contribution in [2.24, 2.45) is 0 Å². The van der Waals surface area contributed by atoms with Crippen LogP contribution in [0, 0.1) is 10.1 Å². The fraction of sp³-hybridized carbons (Fsp3) is 0. The van der Waals surface area contributed by atoms with Gasteiger partial charge in [0.05, 0.1) is 19.9 Å². The molecule has 0 aliphatic rings. The molecular formula is C8H2BrCl2N3O4. The third-order valence-corrected chi connectivity index (χ3v) is 4.03. The Morgan fingerprint density at radius 1 is 1.06 bits per heavy atom. The van der Waals surface area contributed by atoms with Gasteiger partial charge in [-0.15, -0.1) is 0 Å². The van der Waals surface area contributed by atoms with Gasteiger partial charge in [-0.3, -0.25) is 19.7 Å². The Morgan fingerprint density at radius 2 is 1.56 bits per heavy atom. The van der Waals surface area contributed by atoms with Crippen LogP contribution in [-0.2, 0) is 0 Å². The maximum Gasteiger partial charge on any atom is 0.314 e. The van der Waals surface area contributed by atoms with E-state index in [9.17, 15) is 19.7 Å². The molecule has 18 heavy (non-hydrogen) atoms. The van der Waals surface area contributed by atoms with Crippen LogP contribution < -0.4 is 11.1 Å². The number of nitrogens with one attached hydrogen (secondary N) is 2. The quantitative estimate of drug-likeness (QED) is 0.354. The Morgan fingerprint density at radius 3 is 2.06 bits per heavy atom. The summed E-state index contributed by atoms with van der Waals surface area (Å²) in [5.41, 5.74) is -2.74. The summed E-state index contributed by atoms with van der Waals surface area (Å²) in [5, 5.41) is 10.5. The van der Waals surface area contributed by atoms with Crippen LogP contribution in [0.3, 0.4) is 0 Å². The summed E-state index contributed by atoms with van der Waals surface area (Å²) in [7, 11) is 0. The second-order valence-electron chi connectivity index (χ2n) is 3.21. The van der Waals surface area contributed by atoms with Crippen molar-refractivity contribution in [2.45, 2.75) is 0 Å². The second-order valence-corrected chi connectivity index (χ2v) is 4.75. The topological polar surface area (TPSA) is 109 Å². The maximum atomic E-state index is 11.2. The molecule has 0 fully saturated rings. The van der Waals surface area contributed by atoms with Crippen LogP contribution in [0.2, 0.25) is 10.0 Å². The summed E-state index contributed by atoms with van der Waals surface area (Å²) in [4.78, 5) is 36.8. The molecule has 0 aliphatic carbocycles. The standard InChI is InChI=1S/C8H2BrCl2N3O4/c9-1-2(10)3(11)6(14(17)18)5-4(1)12-7(15)8(16)13-5/h(H,12,15)(H,13,16). The van der Waals surface area contributed by atoms with Gasteiger partial charge in [-0.2, -0.15) is 0 Å². The molecule has 0 bridgehead atoms. The van der Waals surface area contributed by atoms with Crippen LogP contribution in [0.1, 0.15) is 0 Å². The first kappa shape index (κ1) is 13.1. The number of aromatic amines is 2. The smallest absolute Gasteiger partial charge is 0.314 e. The van der Waals surface area contributed by atoms with Crippen LogP contribution in [0.15, 0.2) is 14.1 Å².